The van der Waals surface area contributed by atoms with E-state index in [9.17, 15) is 4.79 Å². The molecule has 1 aliphatic heterocycles. The molecule has 110 valence electrons. The Hall–Kier alpha value is -1.82. The fraction of sp³-hybridized carbons (Fsp3) is 0.571. The molecule has 1 aliphatic rings. The van der Waals surface area contributed by atoms with Crippen molar-refractivity contribution in [2.24, 2.45) is 5.92 Å². The Balaban J connectivity index is 1.96. The Kier molecular flexibility index (Phi) is 5.17. The summed E-state index contributed by atoms with van der Waals surface area (Å²) in [5, 5.41) is 3.18. The summed E-state index contributed by atoms with van der Waals surface area (Å²) < 4.78 is 10.3. The van der Waals surface area contributed by atoms with Crippen molar-refractivity contribution in [1.29, 1.82) is 0 Å². The molecule has 0 radical (unpaired) electrons. The van der Waals surface area contributed by atoms with Crippen molar-refractivity contribution in [3.8, 4) is 0 Å². The first-order chi connectivity index (χ1) is 9.70. The van der Waals surface area contributed by atoms with Crippen LogP contribution in [0.5, 0.6) is 0 Å². The van der Waals surface area contributed by atoms with Crippen LogP contribution in [0.25, 0.3) is 0 Å². The van der Waals surface area contributed by atoms with Gasteiger partial charge in [-0.2, -0.15) is 0 Å². The smallest absolute Gasteiger partial charge is 0.341 e. The van der Waals surface area contributed by atoms with Gasteiger partial charge in [-0.05, 0) is 31.7 Å². The highest BCUT2D eigenvalue weighted by Crippen LogP contribution is 2.19. The maximum atomic E-state index is 11.9. The van der Waals surface area contributed by atoms with Gasteiger partial charge in [-0.15, -0.1) is 0 Å². The van der Waals surface area contributed by atoms with E-state index < -0.39 is 5.97 Å². The van der Waals surface area contributed by atoms with E-state index in [2.05, 4.69) is 10.3 Å². The van der Waals surface area contributed by atoms with Gasteiger partial charge in [0.2, 0.25) is 0 Å². The fourth-order valence-corrected chi connectivity index (χ4v) is 2.19. The normalized spacial score (nSPS) is 17.9. The van der Waals surface area contributed by atoms with Crippen LogP contribution in [-0.2, 0) is 9.47 Å². The third-order valence-electron chi connectivity index (χ3n) is 3.27. The molecule has 1 aromatic rings. The van der Waals surface area contributed by atoms with Crippen LogP contribution in [0.4, 0.5) is 11.5 Å². The topological polar surface area (TPSA) is 86.5 Å². The predicted molar refractivity (Wildman–Crippen MR) is 76.6 cm³/mol. The van der Waals surface area contributed by atoms with Crippen LogP contribution in [0.15, 0.2) is 12.3 Å². The summed E-state index contributed by atoms with van der Waals surface area (Å²) in [5.74, 6) is 0.706. The average Bonchev–Trinajstić information content (AvgIpc) is 2.94. The predicted octanol–water partition coefficient (Wildman–Crippen LogP) is 1.68. The number of hydrogen-bond acceptors (Lipinski definition) is 6. The number of anilines is 2. The van der Waals surface area contributed by atoms with E-state index in [1.54, 1.807) is 13.0 Å². The van der Waals surface area contributed by atoms with Crippen LogP contribution in [0.2, 0.25) is 0 Å². The van der Waals surface area contributed by atoms with Crippen molar-refractivity contribution < 1.29 is 14.3 Å². The highest BCUT2D eigenvalue weighted by molar-refractivity contribution is 5.95. The molecule has 0 amide bonds. The second kappa shape index (κ2) is 7.09. The zero-order valence-electron chi connectivity index (χ0n) is 11.7. The average molecular weight is 279 g/mol. The molecule has 0 aromatic carbocycles. The first-order valence-corrected chi connectivity index (χ1v) is 6.95. The van der Waals surface area contributed by atoms with Crippen molar-refractivity contribution in [2.45, 2.75) is 19.8 Å². The van der Waals surface area contributed by atoms with E-state index in [4.69, 9.17) is 15.2 Å². The molecular formula is C14H21N3O3. The minimum Gasteiger partial charge on any atom is -0.462 e. The Bertz CT molecular complexity index is 459. The van der Waals surface area contributed by atoms with E-state index in [1.165, 1.54) is 6.20 Å². The molecule has 6 nitrogen and oxygen atoms in total. The minimum atomic E-state index is -0.404. The Morgan fingerprint density at radius 3 is 3.20 bits per heavy atom. The zero-order chi connectivity index (χ0) is 14.4. The number of esters is 1. The molecule has 0 aliphatic carbocycles. The van der Waals surface area contributed by atoms with Crippen molar-refractivity contribution in [3.63, 3.8) is 0 Å². The van der Waals surface area contributed by atoms with E-state index in [-0.39, 0.29) is 0 Å². The summed E-state index contributed by atoms with van der Waals surface area (Å²) in [7, 11) is 0. The SMILES string of the molecule is CCOC(=O)c1cc(N)cnc1NCCC1CCOC1. The number of aromatic nitrogens is 1. The summed E-state index contributed by atoms with van der Waals surface area (Å²) in [6.45, 7) is 4.51. The number of nitrogens with two attached hydrogens (primary N) is 1. The van der Waals surface area contributed by atoms with Crippen molar-refractivity contribution in [2.75, 3.05) is 37.4 Å². The van der Waals surface area contributed by atoms with Crippen molar-refractivity contribution in [1.82, 2.24) is 4.98 Å². The molecule has 1 fully saturated rings. The fourth-order valence-electron chi connectivity index (χ4n) is 2.19. The highest BCUT2D eigenvalue weighted by Gasteiger charge is 2.17. The molecule has 20 heavy (non-hydrogen) atoms. The van der Waals surface area contributed by atoms with Gasteiger partial charge in [-0.3, -0.25) is 0 Å². The maximum absolute atomic E-state index is 11.9. The third kappa shape index (κ3) is 3.84. The number of rotatable bonds is 6. The molecule has 1 atom stereocenters. The number of carbonyl (C=O) groups excluding carboxylic acids is 1. The van der Waals surface area contributed by atoms with Gasteiger partial charge < -0.3 is 20.5 Å². The van der Waals surface area contributed by atoms with Gasteiger partial charge in [0.25, 0.3) is 0 Å². The van der Waals surface area contributed by atoms with Gasteiger partial charge in [0, 0.05) is 19.8 Å². The number of hydrogen-bond donors (Lipinski definition) is 2. The van der Waals surface area contributed by atoms with Gasteiger partial charge in [0.1, 0.15) is 11.4 Å². The van der Waals surface area contributed by atoms with Crippen molar-refractivity contribution >= 4 is 17.5 Å². The monoisotopic (exact) mass is 279 g/mol. The second-order valence-corrected chi connectivity index (χ2v) is 4.83. The summed E-state index contributed by atoms with van der Waals surface area (Å²) in [4.78, 5) is 16.0. The van der Waals surface area contributed by atoms with Gasteiger partial charge in [-0.25, -0.2) is 9.78 Å². The molecule has 3 N–H and O–H groups in total. The summed E-state index contributed by atoms with van der Waals surface area (Å²) in [5.41, 5.74) is 6.51. The molecule has 0 spiro atoms. The van der Waals surface area contributed by atoms with Crippen LogP contribution >= 0.6 is 0 Å². The number of carbonyl (C=O) groups is 1. The molecule has 6 heteroatoms. The van der Waals surface area contributed by atoms with Crippen LogP contribution in [-0.4, -0.2) is 37.3 Å². The second-order valence-electron chi connectivity index (χ2n) is 4.83. The van der Waals surface area contributed by atoms with E-state index >= 15 is 0 Å². The molecule has 0 bridgehead atoms. The molecule has 1 saturated heterocycles. The number of ether oxygens (including phenoxy) is 2. The first kappa shape index (κ1) is 14.6. The quantitative estimate of drug-likeness (QED) is 0.770. The maximum Gasteiger partial charge on any atom is 0.341 e. The lowest BCUT2D eigenvalue weighted by Crippen LogP contribution is -2.15. The molecule has 1 unspecified atom stereocenters. The molecular weight excluding hydrogens is 258 g/mol. The Morgan fingerprint density at radius 2 is 2.50 bits per heavy atom. The van der Waals surface area contributed by atoms with E-state index in [1.807, 2.05) is 0 Å². The summed E-state index contributed by atoms with van der Waals surface area (Å²) in [6.07, 6.45) is 3.62. The van der Waals surface area contributed by atoms with E-state index in [0.717, 1.165) is 32.6 Å². The van der Waals surface area contributed by atoms with Gasteiger partial charge in [0.05, 0.1) is 18.5 Å². The van der Waals surface area contributed by atoms with Crippen LogP contribution < -0.4 is 11.1 Å². The standard InChI is InChI=1S/C14H21N3O3/c1-2-20-14(18)12-7-11(15)8-17-13(12)16-5-3-10-4-6-19-9-10/h7-8,10H,2-6,9,15H2,1H3,(H,16,17). The number of nitrogen functional groups attached to an aromatic ring is 1. The van der Waals surface area contributed by atoms with Crippen molar-refractivity contribution in [3.05, 3.63) is 17.8 Å². The third-order valence-corrected chi connectivity index (χ3v) is 3.27. The molecule has 2 heterocycles. The van der Waals surface area contributed by atoms with Gasteiger partial charge in [-0.1, -0.05) is 0 Å². The highest BCUT2D eigenvalue weighted by atomic mass is 16.5. The molecule has 1 aromatic heterocycles. The van der Waals surface area contributed by atoms with Crippen LogP contribution in [0, 0.1) is 5.92 Å². The first-order valence-electron chi connectivity index (χ1n) is 6.95. The number of nitrogens with one attached hydrogen (secondary N) is 1. The molecule has 2 rings (SSSR count). The lowest BCUT2D eigenvalue weighted by Gasteiger charge is -2.12. The van der Waals surface area contributed by atoms with E-state index in [0.29, 0.717) is 29.6 Å². The summed E-state index contributed by atoms with van der Waals surface area (Å²) >= 11 is 0. The van der Waals surface area contributed by atoms with Gasteiger partial charge >= 0.3 is 5.97 Å². The minimum absolute atomic E-state index is 0.326. The number of nitrogens with zero attached hydrogens (tertiary/aromatic N) is 1. The molecule has 0 saturated carbocycles. The lowest BCUT2D eigenvalue weighted by atomic mass is 10.1. The Morgan fingerprint density at radius 1 is 1.65 bits per heavy atom. The Labute approximate surface area is 118 Å². The van der Waals surface area contributed by atoms with Crippen LogP contribution in [0.3, 0.4) is 0 Å². The lowest BCUT2D eigenvalue weighted by molar-refractivity contribution is 0.0527. The van der Waals surface area contributed by atoms with Crippen LogP contribution in [0.1, 0.15) is 30.1 Å². The number of pyridine rings is 1. The largest absolute Gasteiger partial charge is 0.462 e. The summed E-state index contributed by atoms with van der Waals surface area (Å²) in [6, 6.07) is 1.59. The van der Waals surface area contributed by atoms with Gasteiger partial charge in [0.15, 0.2) is 0 Å². The zero-order valence-corrected chi connectivity index (χ0v) is 11.7.